The van der Waals surface area contributed by atoms with Gasteiger partial charge in [0.15, 0.2) is 0 Å². The fraction of sp³-hybridized carbons (Fsp3) is 1.00. The molecular weight excluding hydrogens is 226 g/mol. The lowest BCUT2D eigenvalue weighted by atomic mass is 9.91. The number of ether oxygens (including phenoxy) is 1. The molecule has 0 amide bonds. The minimum atomic E-state index is -2.89. The monoisotopic (exact) mass is 249 g/mol. The molecule has 2 atom stereocenters. The first-order valence-electron chi connectivity index (χ1n) is 5.92. The van der Waals surface area contributed by atoms with Gasteiger partial charge in [0, 0.05) is 18.9 Å². The smallest absolute Gasteiger partial charge is 0.147 e. The van der Waals surface area contributed by atoms with Crippen molar-refractivity contribution in [3.8, 4) is 0 Å². The molecule has 16 heavy (non-hydrogen) atoms. The second kappa shape index (κ2) is 5.47. The van der Waals surface area contributed by atoms with Crippen molar-refractivity contribution < 1.29 is 13.2 Å². The molecule has 96 valence electrons. The Morgan fingerprint density at radius 1 is 1.50 bits per heavy atom. The predicted octanol–water partition coefficient (Wildman–Crippen LogP) is 0.968. The Bertz CT molecular complexity index is 307. The number of sulfone groups is 1. The fourth-order valence-corrected chi connectivity index (χ4v) is 2.94. The molecule has 1 fully saturated rings. The summed E-state index contributed by atoms with van der Waals surface area (Å²) < 4.78 is 28.1. The Morgan fingerprint density at radius 3 is 2.62 bits per heavy atom. The summed E-state index contributed by atoms with van der Waals surface area (Å²) in [6.45, 7) is 5.74. The maximum atomic E-state index is 11.2. The van der Waals surface area contributed by atoms with E-state index in [9.17, 15) is 8.42 Å². The molecule has 0 saturated carbocycles. The average molecular weight is 249 g/mol. The normalized spacial score (nSPS) is 28.2. The van der Waals surface area contributed by atoms with Gasteiger partial charge < -0.3 is 10.1 Å². The standard InChI is InChI=1S/C11H23NO3S/c1-4-12-10(6-9-16(3,13)14)11(2)7-5-8-15-11/h10,12H,4-9H2,1-3H3. The molecule has 1 rings (SSSR count). The van der Waals surface area contributed by atoms with Crippen LogP contribution in [-0.2, 0) is 14.6 Å². The summed E-state index contributed by atoms with van der Waals surface area (Å²) in [4.78, 5) is 0. The molecule has 1 saturated heterocycles. The fourth-order valence-electron chi connectivity index (χ4n) is 2.28. The molecule has 1 heterocycles. The van der Waals surface area contributed by atoms with Crippen LogP contribution in [0.1, 0.15) is 33.1 Å². The van der Waals surface area contributed by atoms with E-state index < -0.39 is 9.84 Å². The highest BCUT2D eigenvalue weighted by Crippen LogP contribution is 2.30. The van der Waals surface area contributed by atoms with Gasteiger partial charge in [0.05, 0.1) is 11.4 Å². The third-order valence-corrected chi connectivity index (χ3v) is 4.19. The van der Waals surface area contributed by atoms with Gasteiger partial charge in [-0.3, -0.25) is 0 Å². The summed E-state index contributed by atoms with van der Waals surface area (Å²) >= 11 is 0. The zero-order valence-corrected chi connectivity index (χ0v) is 11.3. The molecule has 5 heteroatoms. The van der Waals surface area contributed by atoms with Gasteiger partial charge in [-0.05, 0) is 32.7 Å². The van der Waals surface area contributed by atoms with E-state index in [0.717, 1.165) is 26.0 Å². The molecule has 0 aromatic rings. The highest BCUT2D eigenvalue weighted by atomic mass is 32.2. The van der Waals surface area contributed by atoms with Crippen molar-refractivity contribution in [2.24, 2.45) is 0 Å². The maximum absolute atomic E-state index is 11.2. The van der Waals surface area contributed by atoms with Crippen LogP contribution < -0.4 is 5.32 Å². The maximum Gasteiger partial charge on any atom is 0.147 e. The highest BCUT2D eigenvalue weighted by molar-refractivity contribution is 7.90. The topological polar surface area (TPSA) is 55.4 Å². The largest absolute Gasteiger partial charge is 0.374 e. The Labute approximate surface area is 98.7 Å². The third-order valence-electron chi connectivity index (χ3n) is 3.21. The van der Waals surface area contributed by atoms with Crippen LogP contribution in [-0.4, -0.2) is 45.2 Å². The summed E-state index contributed by atoms with van der Waals surface area (Å²) in [5, 5.41) is 3.35. The molecule has 0 aliphatic carbocycles. The number of nitrogens with one attached hydrogen (secondary N) is 1. The molecule has 0 spiro atoms. The van der Waals surface area contributed by atoms with Gasteiger partial charge in [0.2, 0.25) is 0 Å². The lowest BCUT2D eigenvalue weighted by Gasteiger charge is -2.33. The van der Waals surface area contributed by atoms with E-state index in [4.69, 9.17) is 4.74 Å². The number of likely N-dealkylation sites (N-methyl/N-ethyl adjacent to an activating group) is 1. The molecule has 2 unspecified atom stereocenters. The quantitative estimate of drug-likeness (QED) is 0.762. The molecule has 1 aliphatic rings. The summed E-state index contributed by atoms with van der Waals surface area (Å²) in [5.41, 5.74) is -0.194. The zero-order valence-electron chi connectivity index (χ0n) is 10.5. The van der Waals surface area contributed by atoms with Crippen LogP contribution in [0.2, 0.25) is 0 Å². The van der Waals surface area contributed by atoms with Gasteiger partial charge >= 0.3 is 0 Å². The van der Waals surface area contributed by atoms with Gasteiger partial charge in [-0.1, -0.05) is 6.92 Å². The molecule has 0 aromatic heterocycles. The zero-order chi connectivity index (χ0) is 12.2. The predicted molar refractivity (Wildman–Crippen MR) is 65.4 cm³/mol. The van der Waals surface area contributed by atoms with E-state index in [-0.39, 0.29) is 17.4 Å². The van der Waals surface area contributed by atoms with E-state index >= 15 is 0 Å². The van der Waals surface area contributed by atoms with Crippen molar-refractivity contribution in [2.75, 3.05) is 25.2 Å². The van der Waals surface area contributed by atoms with Crippen LogP contribution in [0.3, 0.4) is 0 Å². The van der Waals surface area contributed by atoms with Crippen molar-refractivity contribution in [3.63, 3.8) is 0 Å². The van der Waals surface area contributed by atoms with E-state index in [0.29, 0.717) is 6.42 Å². The summed E-state index contributed by atoms with van der Waals surface area (Å²) in [5.74, 6) is 0.226. The van der Waals surface area contributed by atoms with Crippen LogP contribution in [0.5, 0.6) is 0 Å². The molecule has 0 aromatic carbocycles. The molecule has 4 nitrogen and oxygen atoms in total. The first-order valence-corrected chi connectivity index (χ1v) is 7.98. The number of hydrogen-bond donors (Lipinski definition) is 1. The van der Waals surface area contributed by atoms with E-state index in [2.05, 4.69) is 12.2 Å². The van der Waals surface area contributed by atoms with Crippen molar-refractivity contribution in [1.82, 2.24) is 5.32 Å². The van der Waals surface area contributed by atoms with Crippen molar-refractivity contribution >= 4 is 9.84 Å². The van der Waals surface area contributed by atoms with Crippen LogP contribution in [0.4, 0.5) is 0 Å². The van der Waals surface area contributed by atoms with Gasteiger partial charge in [0.1, 0.15) is 9.84 Å². The Hall–Kier alpha value is -0.130. The van der Waals surface area contributed by atoms with Gasteiger partial charge in [-0.25, -0.2) is 8.42 Å². The van der Waals surface area contributed by atoms with Gasteiger partial charge in [-0.2, -0.15) is 0 Å². The van der Waals surface area contributed by atoms with Crippen LogP contribution in [0.25, 0.3) is 0 Å². The first-order chi connectivity index (χ1) is 7.37. The Kier molecular flexibility index (Phi) is 4.76. The molecule has 0 radical (unpaired) electrons. The minimum absolute atomic E-state index is 0.134. The highest BCUT2D eigenvalue weighted by Gasteiger charge is 2.37. The minimum Gasteiger partial charge on any atom is -0.374 e. The lowest BCUT2D eigenvalue weighted by molar-refractivity contribution is -0.0119. The Balaban J connectivity index is 2.59. The average Bonchev–Trinajstić information content (AvgIpc) is 2.59. The molecule has 1 aliphatic heterocycles. The Morgan fingerprint density at radius 2 is 2.19 bits per heavy atom. The van der Waals surface area contributed by atoms with E-state index in [1.165, 1.54) is 6.26 Å². The number of hydrogen-bond acceptors (Lipinski definition) is 4. The van der Waals surface area contributed by atoms with Crippen molar-refractivity contribution in [1.29, 1.82) is 0 Å². The van der Waals surface area contributed by atoms with Crippen molar-refractivity contribution in [3.05, 3.63) is 0 Å². The van der Waals surface area contributed by atoms with Crippen LogP contribution >= 0.6 is 0 Å². The summed E-state index contributed by atoms with van der Waals surface area (Å²) in [6, 6.07) is 0.134. The van der Waals surface area contributed by atoms with E-state index in [1.807, 2.05) is 6.92 Å². The van der Waals surface area contributed by atoms with E-state index in [1.54, 1.807) is 0 Å². The van der Waals surface area contributed by atoms with Crippen LogP contribution in [0.15, 0.2) is 0 Å². The molecule has 0 bridgehead atoms. The summed E-state index contributed by atoms with van der Waals surface area (Å²) in [6.07, 6.45) is 3.99. The lowest BCUT2D eigenvalue weighted by Crippen LogP contribution is -2.49. The third kappa shape index (κ3) is 4.03. The van der Waals surface area contributed by atoms with Gasteiger partial charge in [-0.15, -0.1) is 0 Å². The van der Waals surface area contributed by atoms with Crippen molar-refractivity contribution in [2.45, 2.75) is 44.8 Å². The van der Waals surface area contributed by atoms with Crippen LogP contribution in [0, 0.1) is 0 Å². The summed E-state index contributed by atoms with van der Waals surface area (Å²) in [7, 11) is -2.89. The van der Waals surface area contributed by atoms with Gasteiger partial charge in [0.25, 0.3) is 0 Å². The number of rotatable bonds is 6. The SMILES string of the molecule is CCNC(CCS(C)(=O)=O)C1(C)CCCO1. The second-order valence-electron chi connectivity index (χ2n) is 4.79. The molecular formula is C11H23NO3S. The first kappa shape index (κ1) is 13.9. The second-order valence-corrected chi connectivity index (χ2v) is 7.05. The molecule has 1 N–H and O–H groups in total.